The lowest BCUT2D eigenvalue weighted by Crippen LogP contribution is -2.44. The number of hydrogen-bond acceptors (Lipinski definition) is 3. The van der Waals surface area contributed by atoms with E-state index >= 15 is 0 Å². The van der Waals surface area contributed by atoms with Gasteiger partial charge in [-0.15, -0.1) is 11.8 Å². The normalized spacial score (nSPS) is 20.5. The van der Waals surface area contributed by atoms with Gasteiger partial charge in [-0.05, 0) is 30.0 Å². The molecule has 17 heavy (non-hydrogen) atoms. The molecule has 0 amide bonds. The molecule has 0 radical (unpaired) electrons. The van der Waals surface area contributed by atoms with E-state index in [1.54, 1.807) is 5.56 Å². The summed E-state index contributed by atoms with van der Waals surface area (Å²) in [5.41, 5.74) is 3.07. The van der Waals surface area contributed by atoms with Crippen LogP contribution in [0, 0.1) is 0 Å². The molecular formula is C14H20N2S. The Hall–Kier alpha value is -0.510. The minimum atomic E-state index is 1.15. The maximum Gasteiger partial charge on any atom is 0.0108 e. The van der Waals surface area contributed by atoms with Crippen molar-refractivity contribution >= 4 is 11.8 Å². The molecule has 92 valence electrons. The SMILES string of the molecule is c1cc2c(cc1CCN1CCNCC1)SCC2. The van der Waals surface area contributed by atoms with E-state index in [2.05, 4.69) is 28.4 Å². The van der Waals surface area contributed by atoms with E-state index in [-0.39, 0.29) is 0 Å². The Morgan fingerprint density at radius 1 is 1.24 bits per heavy atom. The van der Waals surface area contributed by atoms with E-state index in [0.717, 1.165) is 13.1 Å². The molecule has 2 heterocycles. The Morgan fingerprint density at radius 3 is 3.00 bits per heavy atom. The molecule has 0 atom stereocenters. The largest absolute Gasteiger partial charge is 0.314 e. The molecule has 3 rings (SSSR count). The fourth-order valence-corrected chi connectivity index (χ4v) is 3.72. The van der Waals surface area contributed by atoms with Crippen LogP contribution in [0.2, 0.25) is 0 Å². The summed E-state index contributed by atoms with van der Waals surface area (Å²) < 4.78 is 0. The number of nitrogens with zero attached hydrogens (tertiary/aromatic N) is 1. The predicted octanol–water partition coefficient (Wildman–Crippen LogP) is 1.78. The summed E-state index contributed by atoms with van der Waals surface area (Å²) in [7, 11) is 0. The summed E-state index contributed by atoms with van der Waals surface area (Å²) in [5, 5.41) is 3.40. The van der Waals surface area contributed by atoms with Crippen molar-refractivity contribution in [1.29, 1.82) is 0 Å². The zero-order valence-corrected chi connectivity index (χ0v) is 11.1. The Kier molecular flexibility index (Phi) is 3.69. The molecule has 0 spiro atoms. The van der Waals surface area contributed by atoms with Crippen LogP contribution in [0.4, 0.5) is 0 Å². The van der Waals surface area contributed by atoms with Crippen molar-refractivity contribution in [3.8, 4) is 0 Å². The molecule has 0 unspecified atom stereocenters. The topological polar surface area (TPSA) is 15.3 Å². The second kappa shape index (κ2) is 5.42. The molecule has 1 fully saturated rings. The van der Waals surface area contributed by atoms with Gasteiger partial charge in [0.05, 0.1) is 0 Å². The molecule has 2 aliphatic rings. The Morgan fingerprint density at radius 2 is 2.12 bits per heavy atom. The third kappa shape index (κ3) is 2.84. The standard InChI is InChI=1S/C14H20N2S/c1-2-13-4-10-17-14(13)11-12(1)3-7-16-8-5-15-6-9-16/h1-2,11,15H,3-10H2. The van der Waals surface area contributed by atoms with Crippen LogP contribution >= 0.6 is 11.8 Å². The number of rotatable bonds is 3. The van der Waals surface area contributed by atoms with Gasteiger partial charge in [-0.25, -0.2) is 0 Å². The first-order valence-electron chi connectivity index (χ1n) is 6.59. The number of fused-ring (bicyclic) bond motifs is 1. The summed E-state index contributed by atoms with van der Waals surface area (Å²) in [6, 6.07) is 7.07. The summed E-state index contributed by atoms with van der Waals surface area (Å²) >= 11 is 2.02. The summed E-state index contributed by atoms with van der Waals surface area (Å²) in [5.74, 6) is 1.27. The monoisotopic (exact) mass is 248 g/mol. The Bertz CT molecular complexity index is 386. The van der Waals surface area contributed by atoms with Gasteiger partial charge in [-0.2, -0.15) is 0 Å². The number of aryl methyl sites for hydroxylation is 1. The van der Waals surface area contributed by atoms with E-state index in [4.69, 9.17) is 0 Å². The highest BCUT2D eigenvalue weighted by atomic mass is 32.2. The van der Waals surface area contributed by atoms with E-state index in [9.17, 15) is 0 Å². The van der Waals surface area contributed by atoms with E-state index < -0.39 is 0 Å². The number of nitrogens with one attached hydrogen (secondary N) is 1. The van der Waals surface area contributed by atoms with Gasteiger partial charge in [0.15, 0.2) is 0 Å². The van der Waals surface area contributed by atoms with Crippen molar-refractivity contribution in [3.63, 3.8) is 0 Å². The third-order valence-corrected chi connectivity index (χ3v) is 4.79. The second-order valence-corrected chi connectivity index (χ2v) is 6.02. The highest BCUT2D eigenvalue weighted by molar-refractivity contribution is 7.99. The van der Waals surface area contributed by atoms with Crippen LogP contribution < -0.4 is 5.32 Å². The lowest BCUT2D eigenvalue weighted by atomic mass is 10.1. The molecule has 0 aromatic heterocycles. The lowest BCUT2D eigenvalue weighted by Gasteiger charge is -2.27. The quantitative estimate of drug-likeness (QED) is 0.878. The highest BCUT2D eigenvalue weighted by Gasteiger charge is 2.13. The van der Waals surface area contributed by atoms with Crippen molar-refractivity contribution in [3.05, 3.63) is 29.3 Å². The summed E-state index contributed by atoms with van der Waals surface area (Å²) in [4.78, 5) is 4.10. The van der Waals surface area contributed by atoms with Gasteiger partial charge in [-0.3, -0.25) is 0 Å². The zero-order chi connectivity index (χ0) is 11.5. The van der Waals surface area contributed by atoms with Gasteiger partial charge >= 0.3 is 0 Å². The minimum absolute atomic E-state index is 1.15. The molecule has 1 aromatic rings. The van der Waals surface area contributed by atoms with Gasteiger partial charge in [0.2, 0.25) is 0 Å². The first kappa shape index (κ1) is 11.6. The fraction of sp³-hybridized carbons (Fsp3) is 0.571. The average Bonchev–Trinajstić information content (AvgIpc) is 2.85. The third-order valence-electron chi connectivity index (χ3n) is 3.69. The molecule has 0 saturated carbocycles. The maximum absolute atomic E-state index is 3.40. The molecular weight excluding hydrogens is 228 g/mol. The molecule has 1 aromatic carbocycles. The van der Waals surface area contributed by atoms with Gasteiger partial charge in [-0.1, -0.05) is 12.1 Å². The number of benzene rings is 1. The molecule has 2 nitrogen and oxygen atoms in total. The van der Waals surface area contributed by atoms with Crippen molar-refractivity contribution in [2.75, 3.05) is 38.5 Å². The Labute approximate surface area is 108 Å². The smallest absolute Gasteiger partial charge is 0.0108 e. The lowest BCUT2D eigenvalue weighted by molar-refractivity contribution is 0.244. The van der Waals surface area contributed by atoms with Gasteiger partial charge in [0.1, 0.15) is 0 Å². The van der Waals surface area contributed by atoms with Crippen molar-refractivity contribution < 1.29 is 0 Å². The van der Waals surface area contributed by atoms with E-state index in [1.807, 2.05) is 11.8 Å². The van der Waals surface area contributed by atoms with Crippen molar-refractivity contribution in [2.45, 2.75) is 17.7 Å². The average molecular weight is 248 g/mol. The first-order valence-corrected chi connectivity index (χ1v) is 7.58. The van der Waals surface area contributed by atoms with Gasteiger partial charge in [0, 0.05) is 43.4 Å². The van der Waals surface area contributed by atoms with Crippen molar-refractivity contribution in [1.82, 2.24) is 10.2 Å². The van der Waals surface area contributed by atoms with Crippen LogP contribution in [0.1, 0.15) is 11.1 Å². The molecule has 1 saturated heterocycles. The number of thioether (sulfide) groups is 1. The van der Waals surface area contributed by atoms with Gasteiger partial charge < -0.3 is 10.2 Å². The van der Waals surface area contributed by atoms with Crippen molar-refractivity contribution in [2.24, 2.45) is 0 Å². The first-order chi connectivity index (χ1) is 8.42. The van der Waals surface area contributed by atoms with E-state index in [1.165, 1.54) is 48.7 Å². The summed E-state index contributed by atoms with van der Waals surface area (Å²) in [6.45, 7) is 5.94. The molecule has 0 bridgehead atoms. The minimum Gasteiger partial charge on any atom is -0.314 e. The number of piperazine rings is 1. The van der Waals surface area contributed by atoms with Crippen LogP contribution in [-0.2, 0) is 12.8 Å². The molecule has 1 N–H and O–H groups in total. The fourth-order valence-electron chi connectivity index (χ4n) is 2.59. The zero-order valence-electron chi connectivity index (χ0n) is 10.2. The summed E-state index contributed by atoms with van der Waals surface area (Å²) in [6.07, 6.45) is 2.46. The number of hydrogen-bond donors (Lipinski definition) is 1. The maximum atomic E-state index is 3.40. The van der Waals surface area contributed by atoms with E-state index in [0.29, 0.717) is 0 Å². The van der Waals surface area contributed by atoms with Crippen LogP contribution in [-0.4, -0.2) is 43.4 Å². The van der Waals surface area contributed by atoms with Crippen LogP contribution in [0.3, 0.4) is 0 Å². The van der Waals surface area contributed by atoms with Crippen LogP contribution in [0.5, 0.6) is 0 Å². The molecule has 3 heteroatoms. The predicted molar refractivity (Wildman–Crippen MR) is 73.9 cm³/mol. The Balaban J connectivity index is 1.57. The highest BCUT2D eigenvalue weighted by Crippen LogP contribution is 2.31. The molecule has 2 aliphatic heterocycles. The second-order valence-electron chi connectivity index (χ2n) is 4.88. The van der Waals surface area contributed by atoms with Gasteiger partial charge in [0.25, 0.3) is 0 Å². The van der Waals surface area contributed by atoms with Crippen LogP contribution in [0.15, 0.2) is 23.1 Å². The van der Waals surface area contributed by atoms with Crippen LogP contribution in [0.25, 0.3) is 0 Å². The molecule has 0 aliphatic carbocycles.